The van der Waals surface area contributed by atoms with Gasteiger partial charge in [0.15, 0.2) is 5.84 Å². The SMILES string of the molecule is C\C=C/C=c1/oc2ccc(-c3ccc4c(c3)c3ccccc3n4-c3cccc4c3-c3ccccc3C4(C)C)cc2/c1=C1\N=C(c2ccccc2)N=C(c2ccccc2)N1C. The molecule has 0 N–H and O–H groups in total. The van der Waals surface area contributed by atoms with Crippen LogP contribution in [0.3, 0.4) is 0 Å². The first-order chi connectivity index (χ1) is 29.4. The number of aromatic nitrogens is 1. The van der Waals surface area contributed by atoms with E-state index < -0.39 is 0 Å². The van der Waals surface area contributed by atoms with Crippen LogP contribution in [0.2, 0.25) is 0 Å². The summed E-state index contributed by atoms with van der Waals surface area (Å²) < 4.78 is 9.13. The molecule has 0 saturated carbocycles. The summed E-state index contributed by atoms with van der Waals surface area (Å²) in [5.74, 6) is 2.25. The van der Waals surface area contributed by atoms with E-state index in [4.69, 9.17) is 14.4 Å². The third-order valence-corrected chi connectivity index (χ3v) is 12.3. The van der Waals surface area contributed by atoms with E-state index >= 15 is 0 Å². The van der Waals surface area contributed by atoms with Crippen LogP contribution in [0.25, 0.3) is 72.6 Å². The number of benzene rings is 7. The maximum atomic E-state index is 6.67. The highest BCUT2D eigenvalue weighted by molar-refractivity contribution is 6.16. The molecule has 0 atom stereocenters. The molecular weight excluding hydrogens is 733 g/mol. The summed E-state index contributed by atoms with van der Waals surface area (Å²) in [4.78, 5) is 12.5. The largest absolute Gasteiger partial charge is 0.456 e. The number of hydrogen-bond donors (Lipinski definition) is 0. The van der Waals surface area contributed by atoms with E-state index in [9.17, 15) is 0 Å². The molecule has 0 bridgehead atoms. The molecule has 11 rings (SSSR count). The normalized spacial score (nSPS) is 15.9. The Morgan fingerprint density at radius 3 is 2.05 bits per heavy atom. The second kappa shape index (κ2) is 13.8. The van der Waals surface area contributed by atoms with Crippen LogP contribution in [0.5, 0.6) is 0 Å². The van der Waals surface area contributed by atoms with Gasteiger partial charge in [-0.15, -0.1) is 0 Å². The molecule has 0 unspecified atom stereocenters. The van der Waals surface area contributed by atoms with Crippen LogP contribution in [0.15, 0.2) is 190 Å². The molecule has 7 aromatic carbocycles. The van der Waals surface area contributed by atoms with Gasteiger partial charge in [-0.3, -0.25) is 0 Å². The molecule has 9 aromatic rings. The van der Waals surface area contributed by atoms with Crippen LogP contribution in [0, 0.1) is 0 Å². The maximum Gasteiger partial charge on any atom is 0.163 e. The molecule has 0 radical (unpaired) electrons. The fourth-order valence-corrected chi connectivity index (χ4v) is 9.42. The lowest BCUT2D eigenvalue weighted by Gasteiger charge is -2.26. The second-order valence-electron chi connectivity index (χ2n) is 16.2. The Morgan fingerprint density at radius 2 is 1.25 bits per heavy atom. The minimum Gasteiger partial charge on any atom is -0.456 e. The summed E-state index contributed by atoms with van der Waals surface area (Å²) in [6.07, 6.45) is 6.06. The summed E-state index contributed by atoms with van der Waals surface area (Å²) in [6, 6.07) is 58.5. The van der Waals surface area contributed by atoms with Crippen molar-refractivity contribution in [2.24, 2.45) is 9.98 Å². The third kappa shape index (κ3) is 5.46. The molecule has 2 aromatic heterocycles. The van der Waals surface area contributed by atoms with Gasteiger partial charge in [-0.1, -0.05) is 153 Å². The average molecular weight is 775 g/mol. The van der Waals surface area contributed by atoms with Crippen LogP contribution < -0.4 is 10.6 Å². The minimum atomic E-state index is -0.0854. The molecule has 5 heteroatoms. The number of rotatable bonds is 5. The highest BCUT2D eigenvalue weighted by Crippen LogP contribution is 2.51. The molecule has 3 heterocycles. The van der Waals surface area contributed by atoms with E-state index in [2.05, 4.69) is 151 Å². The molecule has 0 saturated heterocycles. The van der Waals surface area contributed by atoms with Gasteiger partial charge in [-0.25, -0.2) is 9.98 Å². The van der Waals surface area contributed by atoms with Crippen molar-refractivity contribution in [3.8, 4) is 27.9 Å². The van der Waals surface area contributed by atoms with Crippen molar-refractivity contribution < 1.29 is 4.42 Å². The Morgan fingerprint density at radius 1 is 0.583 bits per heavy atom. The number of furan rings is 1. The zero-order valence-electron chi connectivity index (χ0n) is 34.0. The lowest BCUT2D eigenvalue weighted by molar-refractivity contribution is 0.572. The van der Waals surface area contributed by atoms with E-state index in [1.807, 2.05) is 68.6 Å². The van der Waals surface area contributed by atoms with Crippen LogP contribution in [0.4, 0.5) is 0 Å². The zero-order chi connectivity index (χ0) is 40.5. The zero-order valence-corrected chi connectivity index (χ0v) is 34.0. The van der Waals surface area contributed by atoms with Gasteiger partial charge in [-0.05, 0) is 77.2 Å². The summed E-state index contributed by atoms with van der Waals surface area (Å²) in [6.45, 7) is 6.71. The summed E-state index contributed by atoms with van der Waals surface area (Å²) in [7, 11) is 2.04. The predicted octanol–water partition coefficient (Wildman–Crippen LogP) is 11.8. The van der Waals surface area contributed by atoms with Crippen molar-refractivity contribution in [2.45, 2.75) is 26.2 Å². The maximum absolute atomic E-state index is 6.67. The fourth-order valence-electron chi connectivity index (χ4n) is 9.42. The number of para-hydroxylation sites is 1. The van der Waals surface area contributed by atoms with Gasteiger partial charge in [0.05, 0.1) is 21.9 Å². The number of hydrogen-bond acceptors (Lipinski definition) is 4. The smallest absolute Gasteiger partial charge is 0.163 e. The highest BCUT2D eigenvalue weighted by Gasteiger charge is 2.37. The van der Waals surface area contributed by atoms with Gasteiger partial charge in [0.2, 0.25) is 0 Å². The quantitative estimate of drug-likeness (QED) is 0.175. The van der Waals surface area contributed by atoms with Gasteiger partial charge in [-0.2, -0.15) is 0 Å². The van der Waals surface area contributed by atoms with E-state index in [1.165, 1.54) is 49.7 Å². The Kier molecular flexibility index (Phi) is 8.21. The van der Waals surface area contributed by atoms with Crippen LogP contribution >= 0.6 is 0 Å². The van der Waals surface area contributed by atoms with Crippen LogP contribution in [0.1, 0.15) is 43.0 Å². The highest BCUT2D eigenvalue weighted by atomic mass is 16.3. The van der Waals surface area contributed by atoms with Crippen LogP contribution in [-0.2, 0) is 5.41 Å². The monoisotopic (exact) mass is 774 g/mol. The van der Waals surface area contributed by atoms with Gasteiger partial charge in [0.1, 0.15) is 22.7 Å². The molecule has 0 spiro atoms. The van der Waals surface area contributed by atoms with Gasteiger partial charge in [0, 0.05) is 45.3 Å². The van der Waals surface area contributed by atoms with E-state index in [0.29, 0.717) is 5.84 Å². The Hall–Kier alpha value is -7.50. The van der Waals surface area contributed by atoms with Crippen molar-refractivity contribution in [1.82, 2.24) is 9.47 Å². The molecule has 0 fully saturated rings. The molecule has 0 amide bonds. The number of fused-ring (bicyclic) bond motifs is 7. The molecule has 2 aliphatic rings. The standard InChI is InChI=1S/C55H42N4O/c1-5-6-28-49-51(54-57-52(35-18-9-7-10-19-35)56-53(58(54)4)36-20-11-8-12-21-36)42-34-38(30-32-48(42)60-49)37-29-31-46-41(33-37)39-22-14-16-26-45(39)59(46)47-27-17-25-44-50(47)40-23-13-15-24-43(40)55(44,2)3/h5-34H,1-4H3/b6-5-,49-28+,54-51-. The first-order valence-electron chi connectivity index (χ1n) is 20.6. The Balaban J connectivity index is 1.13. The molecule has 1 aliphatic carbocycles. The third-order valence-electron chi connectivity index (χ3n) is 12.3. The average Bonchev–Trinajstić information content (AvgIpc) is 3.91. The Labute approximate surface area is 348 Å². The summed E-state index contributed by atoms with van der Waals surface area (Å²) >= 11 is 0. The summed E-state index contributed by atoms with van der Waals surface area (Å²) in [5, 5.41) is 4.34. The molecular formula is C55H42N4O. The van der Waals surface area contributed by atoms with E-state index in [0.717, 1.165) is 55.5 Å². The molecule has 5 nitrogen and oxygen atoms in total. The van der Waals surface area contributed by atoms with Crippen molar-refractivity contribution in [1.29, 1.82) is 0 Å². The van der Waals surface area contributed by atoms with Crippen LogP contribution in [-0.4, -0.2) is 28.2 Å². The lowest BCUT2D eigenvalue weighted by atomic mass is 9.82. The minimum absolute atomic E-state index is 0.0854. The van der Waals surface area contributed by atoms with Crippen molar-refractivity contribution in [3.05, 3.63) is 209 Å². The number of aliphatic imine (C=N–C) groups is 2. The van der Waals surface area contributed by atoms with E-state index in [-0.39, 0.29) is 5.41 Å². The molecule has 60 heavy (non-hydrogen) atoms. The van der Waals surface area contributed by atoms with Gasteiger partial charge < -0.3 is 13.9 Å². The molecule has 288 valence electrons. The van der Waals surface area contributed by atoms with Crippen molar-refractivity contribution >= 4 is 56.3 Å². The summed E-state index contributed by atoms with van der Waals surface area (Å²) in [5.41, 5.74) is 14.6. The van der Waals surface area contributed by atoms with Crippen molar-refractivity contribution in [3.63, 3.8) is 0 Å². The fraction of sp³-hybridized carbons (Fsp3) is 0.0909. The molecule has 1 aliphatic heterocycles. The number of nitrogens with zero attached hydrogens (tertiary/aromatic N) is 4. The number of amidine groups is 2. The number of allylic oxidation sites excluding steroid dienone is 2. The van der Waals surface area contributed by atoms with E-state index in [1.54, 1.807) is 0 Å². The second-order valence-corrected chi connectivity index (χ2v) is 16.2. The Bertz CT molecular complexity index is 3420. The lowest BCUT2D eigenvalue weighted by Crippen LogP contribution is -2.37. The van der Waals surface area contributed by atoms with Crippen molar-refractivity contribution in [2.75, 3.05) is 7.05 Å². The first kappa shape index (κ1) is 35.6. The van der Waals surface area contributed by atoms with Gasteiger partial charge in [0.25, 0.3) is 0 Å². The predicted molar refractivity (Wildman–Crippen MR) is 249 cm³/mol. The first-order valence-corrected chi connectivity index (χ1v) is 20.6. The topological polar surface area (TPSA) is 46.0 Å². The van der Waals surface area contributed by atoms with Gasteiger partial charge >= 0.3 is 0 Å².